The number of nitrogens with one attached hydrogen (secondary N) is 1. The molecule has 2 aromatic rings. The summed E-state index contributed by atoms with van der Waals surface area (Å²) in [5.74, 6) is -1.60. The lowest BCUT2D eigenvalue weighted by Gasteiger charge is -2.44. The molecule has 2 aliphatic heterocycles. The molecule has 0 radical (unpaired) electrons. The van der Waals surface area contributed by atoms with Gasteiger partial charge in [0.15, 0.2) is 17.7 Å². The molecule has 34 heavy (non-hydrogen) atoms. The molecule has 2 aromatic heterocycles. The molecule has 2 fully saturated rings. The fraction of sp³-hybridized carbons (Fsp3) is 0.455. The molecule has 1 saturated heterocycles. The molecule has 12 heteroatoms. The van der Waals surface area contributed by atoms with Crippen LogP contribution in [0, 0.1) is 0 Å². The van der Waals surface area contributed by atoms with E-state index in [0.29, 0.717) is 0 Å². The van der Waals surface area contributed by atoms with E-state index in [-0.39, 0.29) is 41.4 Å². The van der Waals surface area contributed by atoms with E-state index in [1.807, 2.05) is 0 Å². The molecular weight excluding hydrogens is 457 g/mol. The third-order valence-corrected chi connectivity index (χ3v) is 6.50. The highest BCUT2D eigenvalue weighted by atomic mass is 19.4. The van der Waals surface area contributed by atoms with Crippen LogP contribution in [0.3, 0.4) is 0 Å². The van der Waals surface area contributed by atoms with Gasteiger partial charge in [-0.05, 0) is 31.4 Å². The lowest BCUT2D eigenvalue weighted by Crippen LogP contribution is -2.57. The van der Waals surface area contributed by atoms with E-state index >= 15 is 0 Å². The fourth-order valence-electron chi connectivity index (χ4n) is 4.99. The van der Waals surface area contributed by atoms with E-state index in [0.717, 1.165) is 31.4 Å². The van der Waals surface area contributed by atoms with Crippen molar-refractivity contribution in [2.75, 3.05) is 7.11 Å². The Morgan fingerprint density at radius 3 is 2.85 bits per heavy atom. The molecule has 4 heterocycles. The van der Waals surface area contributed by atoms with Crippen molar-refractivity contribution in [1.29, 1.82) is 0 Å². The topological polar surface area (TPSA) is 103 Å². The van der Waals surface area contributed by atoms with Crippen molar-refractivity contribution in [2.24, 2.45) is 0 Å². The first-order valence-corrected chi connectivity index (χ1v) is 10.8. The van der Waals surface area contributed by atoms with Crippen LogP contribution in [0.4, 0.5) is 13.2 Å². The summed E-state index contributed by atoms with van der Waals surface area (Å²) in [6, 6.07) is 2.03. The van der Waals surface area contributed by atoms with Crippen LogP contribution >= 0.6 is 0 Å². The number of halogens is 3. The summed E-state index contributed by atoms with van der Waals surface area (Å²) in [5.41, 5.74) is -2.52. The number of rotatable bonds is 4. The van der Waals surface area contributed by atoms with Gasteiger partial charge in [-0.1, -0.05) is 0 Å². The van der Waals surface area contributed by atoms with Crippen molar-refractivity contribution in [3.05, 3.63) is 57.3 Å². The lowest BCUT2D eigenvalue weighted by atomic mass is 10.1. The molecule has 0 unspecified atom stereocenters. The number of pyridine rings is 2. The van der Waals surface area contributed by atoms with Crippen LogP contribution in [-0.2, 0) is 24.0 Å². The average molecular weight is 478 g/mol. The number of amides is 2. The van der Waals surface area contributed by atoms with Crippen molar-refractivity contribution in [2.45, 2.75) is 56.9 Å². The van der Waals surface area contributed by atoms with E-state index < -0.39 is 41.8 Å². The molecule has 0 spiro atoms. The summed E-state index contributed by atoms with van der Waals surface area (Å²) in [6.07, 6.45) is -0.305. The minimum absolute atomic E-state index is 0.0222. The minimum atomic E-state index is -4.64. The maximum atomic E-state index is 13.3. The molecule has 3 atom stereocenters. The first kappa shape index (κ1) is 22.4. The van der Waals surface area contributed by atoms with Crippen molar-refractivity contribution >= 4 is 11.8 Å². The van der Waals surface area contributed by atoms with Gasteiger partial charge in [-0.3, -0.25) is 19.4 Å². The lowest BCUT2D eigenvalue weighted by molar-refractivity contribution is -0.138. The number of ether oxygens (including phenoxy) is 2. The molecule has 1 N–H and O–H groups in total. The van der Waals surface area contributed by atoms with Crippen LogP contribution in [0.25, 0.3) is 0 Å². The molecular formula is C22H21F3N4O5. The van der Waals surface area contributed by atoms with E-state index in [9.17, 15) is 27.6 Å². The Labute approximate surface area is 191 Å². The predicted octanol–water partition coefficient (Wildman–Crippen LogP) is 1.93. The third-order valence-electron chi connectivity index (χ3n) is 6.50. The Balaban J connectivity index is 1.46. The monoisotopic (exact) mass is 478 g/mol. The largest absolute Gasteiger partial charge is 0.491 e. The standard InChI is InChI=1S/C22H21F3N4O5/c1-33-19-17-21(32)29-11-4-5-12(7-11)34-16(29)10-28(17)9-13(18(19)30)20(31)27-8-15-14(22(23,24)25)3-2-6-26-15/h2-3,6,9,11-12,16H,4-5,7-8,10H2,1H3,(H,27,31)/t11-,12+,16+/m1/s1. The second-order valence-electron chi connectivity index (χ2n) is 8.48. The summed E-state index contributed by atoms with van der Waals surface area (Å²) in [4.78, 5) is 44.5. The molecule has 180 valence electrons. The molecule has 1 saturated carbocycles. The highest BCUT2D eigenvalue weighted by Crippen LogP contribution is 2.39. The van der Waals surface area contributed by atoms with Gasteiger partial charge in [0.2, 0.25) is 5.43 Å². The van der Waals surface area contributed by atoms with Crippen LogP contribution in [-0.4, -0.2) is 51.7 Å². The SMILES string of the molecule is COc1c2n(cc(C(=O)NCc3ncccc3C(F)(F)F)c1=O)C[C@@H]1O[C@H]3CC[C@H](C3)N1C2=O. The maximum Gasteiger partial charge on any atom is 0.418 e. The number of methoxy groups -OCH3 is 1. The van der Waals surface area contributed by atoms with Gasteiger partial charge < -0.3 is 24.3 Å². The average Bonchev–Trinajstić information content (AvgIpc) is 3.17. The highest BCUT2D eigenvalue weighted by molar-refractivity contribution is 5.99. The highest BCUT2D eigenvalue weighted by Gasteiger charge is 2.47. The summed E-state index contributed by atoms with van der Waals surface area (Å²) in [7, 11) is 1.22. The van der Waals surface area contributed by atoms with Gasteiger partial charge in [0.25, 0.3) is 11.8 Å². The number of aromatic nitrogens is 2. The maximum absolute atomic E-state index is 13.3. The van der Waals surface area contributed by atoms with Gasteiger partial charge in [-0.25, -0.2) is 0 Å². The van der Waals surface area contributed by atoms with E-state index in [1.54, 1.807) is 4.90 Å². The quantitative estimate of drug-likeness (QED) is 0.721. The summed E-state index contributed by atoms with van der Waals surface area (Å²) >= 11 is 0. The number of carbonyl (C=O) groups is 2. The Morgan fingerprint density at radius 2 is 2.12 bits per heavy atom. The number of fused-ring (bicyclic) bond motifs is 5. The van der Waals surface area contributed by atoms with Crippen molar-refractivity contribution in [1.82, 2.24) is 19.8 Å². The molecule has 5 rings (SSSR count). The molecule has 9 nitrogen and oxygen atoms in total. The summed E-state index contributed by atoms with van der Waals surface area (Å²) in [5, 5.41) is 2.32. The number of hydrogen-bond donors (Lipinski definition) is 1. The minimum Gasteiger partial charge on any atom is -0.491 e. The first-order valence-electron chi connectivity index (χ1n) is 10.8. The summed E-state index contributed by atoms with van der Waals surface area (Å²) < 4.78 is 52.3. The van der Waals surface area contributed by atoms with Gasteiger partial charge in [0.05, 0.1) is 37.6 Å². The van der Waals surface area contributed by atoms with Crippen molar-refractivity contribution in [3.63, 3.8) is 0 Å². The van der Waals surface area contributed by atoms with Crippen LogP contribution in [0.2, 0.25) is 0 Å². The van der Waals surface area contributed by atoms with Crippen LogP contribution < -0.4 is 15.5 Å². The number of nitrogens with zero attached hydrogens (tertiary/aromatic N) is 3. The van der Waals surface area contributed by atoms with Crippen LogP contribution in [0.15, 0.2) is 29.3 Å². The zero-order valence-corrected chi connectivity index (χ0v) is 18.1. The molecule has 2 bridgehead atoms. The molecule has 1 aliphatic carbocycles. The normalized spacial score (nSPS) is 23.4. The Hall–Kier alpha value is -3.41. The Bertz CT molecular complexity index is 1230. The molecule has 2 amide bonds. The fourth-order valence-corrected chi connectivity index (χ4v) is 4.99. The van der Waals surface area contributed by atoms with Gasteiger partial charge >= 0.3 is 6.18 Å². The van der Waals surface area contributed by atoms with Gasteiger partial charge in [-0.2, -0.15) is 13.2 Å². The number of hydrogen-bond acceptors (Lipinski definition) is 6. The van der Waals surface area contributed by atoms with E-state index in [1.165, 1.54) is 24.1 Å². The smallest absolute Gasteiger partial charge is 0.418 e. The predicted molar refractivity (Wildman–Crippen MR) is 110 cm³/mol. The van der Waals surface area contributed by atoms with Gasteiger partial charge in [0.1, 0.15) is 5.56 Å². The zero-order chi connectivity index (χ0) is 24.2. The number of carbonyl (C=O) groups excluding carboxylic acids is 2. The van der Waals surface area contributed by atoms with Crippen LogP contribution in [0.1, 0.15) is 51.4 Å². The Kier molecular flexibility index (Phi) is 5.34. The van der Waals surface area contributed by atoms with Gasteiger partial charge in [0, 0.05) is 18.4 Å². The summed E-state index contributed by atoms with van der Waals surface area (Å²) in [6.45, 7) is -0.344. The number of alkyl halides is 3. The Morgan fingerprint density at radius 1 is 1.32 bits per heavy atom. The molecule has 0 aromatic carbocycles. The zero-order valence-electron chi connectivity index (χ0n) is 18.1. The van der Waals surface area contributed by atoms with Crippen molar-refractivity contribution in [3.8, 4) is 5.75 Å². The first-order chi connectivity index (χ1) is 16.2. The van der Waals surface area contributed by atoms with Crippen molar-refractivity contribution < 1.29 is 32.2 Å². The second kappa shape index (κ2) is 8.12. The van der Waals surface area contributed by atoms with Gasteiger partial charge in [-0.15, -0.1) is 0 Å². The second-order valence-corrected chi connectivity index (χ2v) is 8.48. The van der Waals surface area contributed by atoms with Crippen LogP contribution in [0.5, 0.6) is 5.75 Å². The van der Waals surface area contributed by atoms with E-state index in [2.05, 4.69) is 10.3 Å². The third kappa shape index (κ3) is 3.61. The van der Waals surface area contributed by atoms with E-state index in [4.69, 9.17) is 9.47 Å². The molecule has 3 aliphatic rings.